The van der Waals surface area contributed by atoms with Crippen LogP contribution in [0.3, 0.4) is 0 Å². The Labute approximate surface area is 87.2 Å². The highest BCUT2D eigenvalue weighted by atomic mass is 29.3. The van der Waals surface area contributed by atoms with Gasteiger partial charge in [-0.2, -0.15) is 0 Å². The van der Waals surface area contributed by atoms with Gasteiger partial charge in [-0.3, -0.25) is 0 Å². The maximum atomic E-state index is 14.7. The molecular formula is C10H20F2Si2. The second-order valence-electron chi connectivity index (χ2n) is 5.05. The quantitative estimate of drug-likeness (QED) is 0.434. The molecule has 2 aliphatic heterocycles. The Kier molecular flexibility index (Phi) is 3.12. The molecule has 0 aromatic rings. The Balaban J connectivity index is 2.22. The third kappa shape index (κ3) is 1.83. The third-order valence-electron chi connectivity index (χ3n) is 4.10. The van der Waals surface area contributed by atoms with Crippen LogP contribution in [0.5, 0.6) is 0 Å². The fourth-order valence-corrected chi connectivity index (χ4v) is 16.2. The molecule has 0 nitrogen and oxygen atoms in total. The first-order valence-corrected chi connectivity index (χ1v) is 11.6. The van der Waals surface area contributed by atoms with Gasteiger partial charge < -0.3 is 8.22 Å². The lowest BCUT2D eigenvalue weighted by molar-refractivity contribution is 0.700. The van der Waals surface area contributed by atoms with Crippen LogP contribution in [0.15, 0.2) is 0 Å². The van der Waals surface area contributed by atoms with Crippen LogP contribution in [0, 0.1) is 0 Å². The molecule has 4 heteroatoms. The number of hydrogen-bond donors (Lipinski definition) is 0. The number of rotatable bonds is 0. The topological polar surface area (TPSA) is 0 Å². The van der Waals surface area contributed by atoms with Crippen LogP contribution in [0.25, 0.3) is 0 Å². The summed E-state index contributed by atoms with van der Waals surface area (Å²) in [6.07, 6.45) is 6.06. The molecule has 0 aliphatic carbocycles. The minimum Gasteiger partial charge on any atom is -0.314 e. The smallest absolute Gasteiger partial charge is 0.271 e. The summed E-state index contributed by atoms with van der Waals surface area (Å²) < 4.78 is 29.5. The van der Waals surface area contributed by atoms with Crippen molar-refractivity contribution in [1.82, 2.24) is 0 Å². The molecule has 0 aromatic carbocycles. The van der Waals surface area contributed by atoms with Crippen molar-refractivity contribution in [2.45, 2.75) is 62.7 Å². The molecule has 0 bridgehead atoms. The monoisotopic (exact) mass is 234 g/mol. The Morgan fingerprint density at radius 2 is 0.786 bits per heavy atom. The van der Waals surface area contributed by atoms with Gasteiger partial charge in [-0.05, 0) is 24.2 Å². The van der Waals surface area contributed by atoms with Gasteiger partial charge in [0.25, 0.3) is 15.9 Å². The first kappa shape index (κ1) is 10.8. The van der Waals surface area contributed by atoms with E-state index in [0.29, 0.717) is 24.2 Å². The summed E-state index contributed by atoms with van der Waals surface area (Å²) in [6.45, 7) is 0. The van der Waals surface area contributed by atoms with E-state index in [9.17, 15) is 8.22 Å². The summed E-state index contributed by atoms with van der Waals surface area (Å²) in [4.78, 5) is 0. The van der Waals surface area contributed by atoms with Gasteiger partial charge in [0.05, 0.1) is 0 Å². The van der Waals surface area contributed by atoms with Crippen LogP contribution in [-0.4, -0.2) is 15.9 Å². The van der Waals surface area contributed by atoms with E-state index in [1.165, 1.54) is 0 Å². The third-order valence-corrected chi connectivity index (χ3v) is 18.1. The van der Waals surface area contributed by atoms with Gasteiger partial charge in [-0.15, -0.1) is 0 Å². The Bertz CT molecular complexity index is 174. The molecule has 2 heterocycles. The zero-order chi connectivity index (χ0) is 10.1. The predicted octanol–water partition coefficient (Wildman–Crippen LogP) is 4.26. The van der Waals surface area contributed by atoms with Crippen molar-refractivity contribution in [2.24, 2.45) is 0 Å². The first-order valence-electron chi connectivity index (χ1n) is 6.04. The minimum absolute atomic E-state index is 0.662. The summed E-state index contributed by atoms with van der Waals surface area (Å²) in [7, 11) is -5.81. The van der Waals surface area contributed by atoms with Crippen LogP contribution in [-0.2, 0) is 0 Å². The van der Waals surface area contributed by atoms with E-state index in [1.54, 1.807) is 0 Å². The summed E-state index contributed by atoms with van der Waals surface area (Å²) in [5, 5.41) is 0. The molecule has 0 saturated carbocycles. The summed E-state index contributed by atoms with van der Waals surface area (Å²) in [5.41, 5.74) is 0. The lowest BCUT2D eigenvalue weighted by atomic mass is 10.3. The van der Waals surface area contributed by atoms with Crippen molar-refractivity contribution in [3.8, 4) is 0 Å². The SMILES string of the molecule is F[Si]12CCCCC[Si]1(F)CCCCC2. The maximum Gasteiger partial charge on any atom is 0.271 e. The zero-order valence-electron chi connectivity index (χ0n) is 8.83. The first-order chi connectivity index (χ1) is 6.66. The Morgan fingerprint density at radius 3 is 1.07 bits per heavy atom. The van der Waals surface area contributed by atoms with Crippen molar-refractivity contribution >= 4 is 15.9 Å². The van der Waals surface area contributed by atoms with E-state index in [1.807, 2.05) is 0 Å². The maximum absolute atomic E-state index is 14.7. The minimum atomic E-state index is -2.91. The highest BCUT2D eigenvalue weighted by molar-refractivity contribution is 7.37. The fraction of sp³-hybridized carbons (Fsp3) is 1.00. The van der Waals surface area contributed by atoms with E-state index >= 15 is 0 Å². The molecule has 0 spiro atoms. The van der Waals surface area contributed by atoms with Crippen molar-refractivity contribution in [3.05, 3.63) is 0 Å². The summed E-state index contributed by atoms with van der Waals surface area (Å²) in [5.74, 6) is 0. The summed E-state index contributed by atoms with van der Waals surface area (Å²) >= 11 is 0. The normalized spacial score (nSPS) is 45.0. The number of halogens is 2. The highest BCUT2D eigenvalue weighted by Crippen LogP contribution is 2.44. The van der Waals surface area contributed by atoms with E-state index in [4.69, 9.17) is 0 Å². The van der Waals surface area contributed by atoms with Crippen LogP contribution >= 0.6 is 0 Å². The molecule has 0 radical (unpaired) electrons. The molecule has 0 amide bonds. The second kappa shape index (κ2) is 4.04. The lowest BCUT2D eigenvalue weighted by Crippen LogP contribution is -2.55. The van der Waals surface area contributed by atoms with Crippen LogP contribution < -0.4 is 0 Å². The largest absolute Gasteiger partial charge is 0.314 e. The fourth-order valence-electron chi connectivity index (χ4n) is 3.12. The second-order valence-corrected chi connectivity index (χ2v) is 16.3. The molecule has 82 valence electrons. The van der Waals surface area contributed by atoms with Crippen molar-refractivity contribution < 1.29 is 8.22 Å². The van der Waals surface area contributed by atoms with Gasteiger partial charge >= 0.3 is 0 Å². The molecule has 0 N–H and O–H groups in total. The molecule has 2 aliphatic rings. The van der Waals surface area contributed by atoms with Crippen molar-refractivity contribution in [2.75, 3.05) is 0 Å². The van der Waals surface area contributed by atoms with Gasteiger partial charge in [0, 0.05) is 0 Å². The van der Waals surface area contributed by atoms with Crippen LogP contribution in [0.2, 0.25) is 24.2 Å². The number of hydrogen-bond acceptors (Lipinski definition) is 0. The van der Waals surface area contributed by atoms with Crippen molar-refractivity contribution in [3.63, 3.8) is 0 Å². The molecule has 0 atom stereocenters. The zero-order valence-corrected chi connectivity index (χ0v) is 10.8. The average Bonchev–Trinajstić information content (AvgIpc) is 2.35. The molecule has 0 aromatic heterocycles. The Morgan fingerprint density at radius 1 is 0.500 bits per heavy atom. The summed E-state index contributed by atoms with van der Waals surface area (Å²) in [6, 6.07) is 2.65. The molecule has 14 heavy (non-hydrogen) atoms. The highest BCUT2D eigenvalue weighted by Gasteiger charge is 2.59. The molecule has 2 saturated heterocycles. The molecule has 2 fully saturated rings. The van der Waals surface area contributed by atoms with Crippen LogP contribution in [0.4, 0.5) is 8.22 Å². The lowest BCUT2D eigenvalue weighted by Gasteiger charge is -2.31. The Hall–Kier alpha value is 0.294. The van der Waals surface area contributed by atoms with Gasteiger partial charge in [-0.25, -0.2) is 0 Å². The number of fused-ring (bicyclic) bond motifs is 1. The van der Waals surface area contributed by atoms with E-state index in [2.05, 4.69) is 0 Å². The van der Waals surface area contributed by atoms with Gasteiger partial charge in [0.2, 0.25) is 0 Å². The average molecular weight is 234 g/mol. The van der Waals surface area contributed by atoms with Gasteiger partial charge in [-0.1, -0.05) is 38.5 Å². The van der Waals surface area contributed by atoms with Gasteiger partial charge in [0.1, 0.15) is 0 Å². The predicted molar refractivity (Wildman–Crippen MR) is 60.7 cm³/mol. The van der Waals surface area contributed by atoms with E-state index in [0.717, 1.165) is 38.5 Å². The molecule has 2 rings (SSSR count). The van der Waals surface area contributed by atoms with Gasteiger partial charge in [0.15, 0.2) is 0 Å². The van der Waals surface area contributed by atoms with E-state index in [-0.39, 0.29) is 0 Å². The standard InChI is InChI=1S/C10H20F2Si2/c11-13-7-3-1-4-8-14(13,12)10-6-2-5-9-13/h1-10H2. The van der Waals surface area contributed by atoms with Crippen molar-refractivity contribution in [1.29, 1.82) is 0 Å². The van der Waals surface area contributed by atoms with E-state index < -0.39 is 15.9 Å². The molecule has 0 unspecified atom stereocenters. The molecular weight excluding hydrogens is 214 g/mol. The van der Waals surface area contributed by atoms with Crippen LogP contribution in [0.1, 0.15) is 38.5 Å².